The van der Waals surface area contributed by atoms with Crippen LogP contribution in [0.2, 0.25) is 0 Å². The molecule has 2 aliphatic rings. The van der Waals surface area contributed by atoms with Crippen molar-refractivity contribution in [2.45, 2.75) is 51.7 Å². The van der Waals surface area contributed by atoms with Crippen LogP contribution < -0.4 is 24.3 Å². The molecule has 11 nitrogen and oxygen atoms in total. The molecule has 0 saturated carbocycles. The Bertz CT molecular complexity index is 1300. The van der Waals surface area contributed by atoms with E-state index in [0.717, 1.165) is 5.56 Å². The monoisotopic (exact) mass is 682 g/mol. The molecule has 4 N–H and O–H groups in total. The van der Waals surface area contributed by atoms with Crippen LogP contribution in [0, 0.1) is 9.49 Å². The number of benzene rings is 2. The van der Waals surface area contributed by atoms with Gasteiger partial charge in [-0.3, -0.25) is 9.59 Å². The van der Waals surface area contributed by atoms with Crippen molar-refractivity contribution >= 4 is 34.4 Å². The molecule has 4 rings (SSSR count). The Morgan fingerprint density at radius 3 is 2.59 bits per heavy atom. The molecule has 0 fully saturated rings. The molecule has 2 aromatic rings. The van der Waals surface area contributed by atoms with Crippen molar-refractivity contribution in [2.24, 2.45) is 5.92 Å². The van der Waals surface area contributed by atoms with Crippen molar-refractivity contribution in [3.05, 3.63) is 56.7 Å². The first-order chi connectivity index (χ1) is 19.7. The van der Waals surface area contributed by atoms with Gasteiger partial charge in [-0.2, -0.15) is 0 Å². The Kier molecular flexibility index (Phi) is 10.3. The van der Waals surface area contributed by atoms with E-state index in [1.807, 2.05) is 6.07 Å². The molecular formula is C29H35IN2O9. The van der Waals surface area contributed by atoms with Gasteiger partial charge in [0.1, 0.15) is 12.2 Å². The second-order valence-electron chi connectivity index (χ2n) is 10.1. The highest BCUT2D eigenvalue weighted by atomic mass is 127. The van der Waals surface area contributed by atoms with Gasteiger partial charge < -0.3 is 44.5 Å². The molecule has 2 aromatic carbocycles. The third-order valence-corrected chi connectivity index (χ3v) is 7.71. The highest BCUT2D eigenvalue weighted by Crippen LogP contribution is 2.38. The quantitative estimate of drug-likeness (QED) is 0.262. The van der Waals surface area contributed by atoms with E-state index in [4.69, 9.17) is 18.9 Å². The number of hydrogen-bond acceptors (Lipinski definition) is 9. The third-order valence-electron chi connectivity index (χ3n) is 6.91. The zero-order chi connectivity index (χ0) is 29.7. The highest BCUT2D eigenvalue weighted by Gasteiger charge is 2.41. The van der Waals surface area contributed by atoms with Gasteiger partial charge in [0.05, 0.1) is 29.9 Å². The number of halogens is 1. The molecule has 1 aliphatic carbocycles. The van der Waals surface area contributed by atoms with Gasteiger partial charge in [0.25, 0.3) is 0 Å². The molecule has 12 heteroatoms. The normalized spacial score (nSPS) is 19.5. The number of aliphatic hydroxyl groups is 3. The number of nitrogens with zero attached hydrogens (tertiary/aromatic N) is 1. The predicted octanol–water partition coefficient (Wildman–Crippen LogP) is 2.12. The first kappa shape index (κ1) is 30.9. The zero-order valence-corrected chi connectivity index (χ0v) is 25.3. The smallest absolute Gasteiger partial charge is 0.247 e. The van der Waals surface area contributed by atoms with E-state index < -0.39 is 24.2 Å². The molecule has 0 aromatic heterocycles. The summed E-state index contributed by atoms with van der Waals surface area (Å²) < 4.78 is 23.3. The van der Waals surface area contributed by atoms with Crippen LogP contribution in [-0.2, 0) is 22.7 Å². The number of methoxy groups -OCH3 is 1. The van der Waals surface area contributed by atoms with Crippen molar-refractivity contribution in [1.29, 1.82) is 0 Å². The molecule has 1 heterocycles. The van der Waals surface area contributed by atoms with E-state index in [9.17, 15) is 24.9 Å². The van der Waals surface area contributed by atoms with Crippen molar-refractivity contribution in [3.63, 3.8) is 0 Å². The van der Waals surface area contributed by atoms with E-state index in [0.29, 0.717) is 37.7 Å². The van der Waals surface area contributed by atoms with Gasteiger partial charge >= 0.3 is 0 Å². The number of ether oxygens (including phenoxy) is 4. The lowest BCUT2D eigenvalue weighted by Crippen LogP contribution is -2.55. The summed E-state index contributed by atoms with van der Waals surface area (Å²) in [6, 6.07) is 7.96. The highest BCUT2D eigenvalue weighted by molar-refractivity contribution is 14.1. The van der Waals surface area contributed by atoms with E-state index in [-0.39, 0.29) is 51.3 Å². The number of amides is 2. The number of nitrogens with one attached hydrogen (secondary N) is 1. The van der Waals surface area contributed by atoms with Crippen LogP contribution in [0.1, 0.15) is 31.4 Å². The topological polar surface area (TPSA) is 147 Å². The maximum absolute atomic E-state index is 13.6. The second kappa shape index (κ2) is 13.7. The molecule has 41 heavy (non-hydrogen) atoms. The van der Waals surface area contributed by atoms with Gasteiger partial charge in [-0.05, 0) is 64.1 Å². The molecule has 0 saturated heterocycles. The summed E-state index contributed by atoms with van der Waals surface area (Å²) in [5.74, 6) is 0.846. The summed E-state index contributed by atoms with van der Waals surface area (Å²) >= 11 is 2.05. The second-order valence-corrected chi connectivity index (χ2v) is 11.3. The average molecular weight is 683 g/mol. The lowest BCUT2D eigenvalue weighted by molar-refractivity contribution is -0.142. The van der Waals surface area contributed by atoms with Crippen LogP contribution in [0.15, 0.2) is 42.0 Å². The van der Waals surface area contributed by atoms with E-state index in [1.165, 1.54) is 7.11 Å². The van der Waals surface area contributed by atoms with Gasteiger partial charge in [0.2, 0.25) is 18.6 Å². The predicted molar refractivity (Wildman–Crippen MR) is 157 cm³/mol. The summed E-state index contributed by atoms with van der Waals surface area (Å²) in [6.45, 7) is 3.44. The third kappa shape index (κ3) is 7.05. The summed E-state index contributed by atoms with van der Waals surface area (Å²) in [5.41, 5.74) is 1.70. The molecule has 0 radical (unpaired) electrons. The fourth-order valence-electron chi connectivity index (χ4n) is 4.82. The Morgan fingerprint density at radius 1 is 1.15 bits per heavy atom. The Balaban J connectivity index is 1.72. The summed E-state index contributed by atoms with van der Waals surface area (Å²) in [5, 5.41) is 33.2. The zero-order valence-electron chi connectivity index (χ0n) is 23.1. The summed E-state index contributed by atoms with van der Waals surface area (Å²) in [6.07, 6.45) is -0.620. The molecule has 3 unspecified atom stereocenters. The molecular weight excluding hydrogens is 647 g/mol. The van der Waals surface area contributed by atoms with Gasteiger partial charge in [0.15, 0.2) is 23.0 Å². The number of fused-ring (bicyclic) bond motifs is 1. The lowest BCUT2D eigenvalue weighted by atomic mass is 9.87. The molecule has 0 spiro atoms. The Morgan fingerprint density at radius 2 is 1.90 bits per heavy atom. The molecule has 0 bridgehead atoms. The molecule has 1 aliphatic heterocycles. The van der Waals surface area contributed by atoms with Crippen LogP contribution in [0.25, 0.3) is 0 Å². The maximum atomic E-state index is 13.6. The molecule has 3 atom stereocenters. The Labute approximate surface area is 252 Å². The number of rotatable bonds is 11. The first-order valence-electron chi connectivity index (χ1n) is 13.3. The van der Waals surface area contributed by atoms with Crippen molar-refractivity contribution in [3.8, 4) is 23.0 Å². The maximum Gasteiger partial charge on any atom is 0.247 e. The minimum absolute atomic E-state index is 0.0507. The fraction of sp³-hybridized carbons (Fsp3) is 0.448. The van der Waals surface area contributed by atoms with E-state index >= 15 is 0 Å². The van der Waals surface area contributed by atoms with Crippen LogP contribution in [0.5, 0.6) is 23.0 Å². The molecule has 2 amide bonds. The fourth-order valence-corrected chi connectivity index (χ4v) is 5.61. The van der Waals surface area contributed by atoms with Crippen LogP contribution >= 0.6 is 22.6 Å². The first-order valence-corrected chi connectivity index (χ1v) is 14.3. The number of carbonyl (C=O) groups excluding carboxylic acids is 2. The minimum Gasteiger partial charge on any atom is -0.493 e. The number of aliphatic hydroxyl groups excluding tert-OH is 3. The van der Waals surface area contributed by atoms with Crippen LogP contribution in [-0.4, -0.2) is 77.3 Å². The van der Waals surface area contributed by atoms with Gasteiger partial charge in [-0.25, -0.2) is 0 Å². The summed E-state index contributed by atoms with van der Waals surface area (Å²) in [7, 11) is 1.47. The molecule has 222 valence electrons. The van der Waals surface area contributed by atoms with Gasteiger partial charge in [-0.1, -0.05) is 19.9 Å². The van der Waals surface area contributed by atoms with Gasteiger partial charge in [0, 0.05) is 31.0 Å². The summed E-state index contributed by atoms with van der Waals surface area (Å²) in [4.78, 5) is 28.2. The van der Waals surface area contributed by atoms with Crippen molar-refractivity contribution in [2.75, 3.05) is 27.1 Å². The lowest BCUT2D eigenvalue weighted by Gasteiger charge is -2.41. The minimum atomic E-state index is -1.21. The van der Waals surface area contributed by atoms with E-state index in [1.54, 1.807) is 49.1 Å². The van der Waals surface area contributed by atoms with Gasteiger partial charge in [-0.15, -0.1) is 0 Å². The van der Waals surface area contributed by atoms with Crippen LogP contribution in [0.4, 0.5) is 0 Å². The average Bonchev–Trinajstić information content (AvgIpc) is 3.44. The van der Waals surface area contributed by atoms with Crippen molar-refractivity contribution < 1.29 is 43.9 Å². The number of carbonyl (C=O) groups is 2. The van der Waals surface area contributed by atoms with Crippen LogP contribution in [0.3, 0.4) is 0 Å². The van der Waals surface area contributed by atoms with E-state index in [2.05, 4.69) is 27.9 Å². The Hall–Kier alpha value is -3.07. The SMILES string of the molecule is COc1cc(CO)cc(I)c1OC1C=C(C(=O)NCCO)CC(N(Cc2ccc3c(c2)OCO3)C(=O)C(C)C)C1O. The van der Waals surface area contributed by atoms with Crippen molar-refractivity contribution in [1.82, 2.24) is 10.2 Å². The largest absolute Gasteiger partial charge is 0.493 e. The number of hydrogen-bond donors (Lipinski definition) is 4. The standard InChI is InChI=1S/C29H35IN2O9/c1-16(2)29(37)32(13-17-4-5-22-23(9-17)40-15-39-22)21-11-19(28(36)31-6-7-33)12-24(26(21)35)41-27-20(30)8-18(14-34)10-25(27)38-3/h4-5,8-10,12,16,21,24,26,33-35H,6-7,11,13-15H2,1-3H3,(H,31,36).